The van der Waals surface area contributed by atoms with E-state index in [1.165, 1.54) is 44.3 Å². The average Bonchev–Trinajstić information content (AvgIpc) is 2.73. The summed E-state index contributed by atoms with van der Waals surface area (Å²) in [5.74, 6) is 2.18. The van der Waals surface area contributed by atoms with Crippen LogP contribution in [0.4, 0.5) is 0 Å². The molecule has 0 atom stereocenters. The third kappa shape index (κ3) is 5.79. The van der Waals surface area contributed by atoms with Gasteiger partial charge < -0.3 is 9.73 Å². The van der Waals surface area contributed by atoms with E-state index in [0.717, 1.165) is 24.6 Å². The zero-order chi connectivity index (χ0) is 14.1. The maximum atomic E-state index is 5.94. The fourth-order valence-electron chi connectivity index (χ4n) is 2.26. The number of furan rings is 1. The molecule has 0 aliphatic rings. The Bertz CT molecular complexity index is 339. The highest BCUT2D eigenvalue weighted by atomic mass is 16.3. The first-order valence-corrected chi connectivity index (χ1v) is 7.66. The second-order valence-electron chi connectivity index (χ2n) is 5.33. The van der Waals surface area contributed by atoms with E-state index in [0.29, 0.717) is 0 Å². The highest BCUT2D eigenvalue weighted by Crippen LogP contribution is 2.17. The first-order valence-electron chi connectivity index (χ1n) is 7.66. The van der Waals surface area contributed by atoms with Crippen LogP contribution in [0.1, 0.15) is 56.6 Å². The lowest BCUT2D eigenvalue weighted by atomic mass is 10.2. The zero-order valence-electron chi connectivity index (χ0n) is 13.1. The van der Waals surface area contributed by atoms with Gasteiger partial charge in [0.15, 0.2) is 0 Å². The molecule has 0 amide bonds. The minimum Gasteiger partial charge on any atom is -0.463 e. The SMILES string of the molecule is CCCCN(CCCC)Cc1cc(C)c(CNC)o1. The molecule has 0 unspecified atom stereocenters. The summed E-state index contributed by atoms with van der Waals surface area (Å²) in [4.78, 5) is 2.52. The summed E-state index contributed by atoms with van der Waals surface area (Å²) in [6.45, 7) is 10.7. The van der Waals surface area contributed by atoms with Crippen LogP contribution in [0.2, 0.25) is 0 Å². The van der Waals surface area contributed by atoms with Gasteiger partial charge in [-0.05, 0) is 51.5 Å². The van der Waals surface area contributed by atoms with Gasteiger partial charge in [-0.25, -0.2) is 0 Å². The molecule has 1 aromatic heterocycles. The van der Waals surface area contributed by atoms with Crippen LogP contribution in [0.3, 0.4) is 0 Å². The second kappa shape index (κ2) is 9.16. The number of hydrogen-bond acceptors (Lipinski definition) is 3. The molecule has 1 rings (SSSR count). The molecule has 0 saturated carbocycles. The maximum Gasteiger partial charge on any atom is 0.120 e. The highest BCUT2D eigenvalue weighted by molar-refractivity contribution is 5.19. The van der Waals surface area contributed by atoms with Gasteiger partial charge in [0.2, 0.25) is 0 Å². The summed E-state index contributed by atoms with van der Waals surface area (Å²) in [6, 6.07) is 2.19. The van der Waals surface area contributed by atoms with Gasteiger partial charge in [-0.2, -0.15) is 0 Å². The molecule has 0 aliphatic heterocycles. The number of unbranched alkanes of at least 4 members (excludes halogenated alkanes) is 2. The molecule has 0 aliphatic carbocycles. The van der Waals surface area contributed by atoms with Crippen molar-refractivity contribution in [3.05, 3.63) is 23.2 Å². The number of nitrogens with one attached hydrogen (secondary N) is 1. The lowest BCUT2D eigenvalue weighted by Crippen LogP contribution is -2.25. The van der Waals surface area contributed by atoms with Crippen LogP contribution < -0.4 is 5.32 Å². The summed E-state index contributed by atoms with van der Waals surface area (Å²) < 4.78 is 5.94. The van der Waals surface area contributed by atoms with Gasteiger partial charge in [-0.15, -0.1) is 0 Å². The van der Waals surface area contributed by atoms with Crippen molar-refractivity contribution in [1.29, 1.82) is 0 Å². The third-order valence-corrected chi connectivity index (χ3v) is 3.44. The van der Waals surface area contributed by atoms with E-state index in [1.807, 2.05) is 7.05 Å². The van der Waals surface area contributed by atoms with Crippen molar-refractivity contribution in [3.8, 4) is 0 Å². The Labute approximate surface area is 118 Å². The molecular formula is C16H30N2O. The van der Waals surface area contributed by atoms with E-state index in [9.17, 15) is 0 Å². The number of aryl methyl sites for hydroxylation is 1. The molecule has 1 N–H and O–H groups in total. The van der Waals surface area contributed by atoms with Crippen molar-refractivity contribution >= 4 is 0 Å². The molecule has 0 aromatic carbocycles. The predicted molar refractivity (Wildman–Crippen MR) is 81.3 cm³/mol. The Balaban J connectivity index is 2.58. The van der Waals surface area contributed by atoms with E-state index in [-0.39, 0.29) is 0 Å². The van der Waals surface area contributed by atoms with Gasteiger partial charge in [-0.3, -0.25) is 4.90 Å². The Hall–Kier alpha value is -0.800. The van der Waals surface area contributed by atoms with Crippen LogP contribution in [0.25, 0.3) is 0 Å². The fraction of sp³-hybridized carbons (Fsp3) is 0.750. The fourth-order valence-corrected chi connectivity index (χ4v) is 2.26. The Morgan fingerprint density at radius 3 is 2.32 bits per heavy atom. The van der Waals surface area contributed by atoms with Crippen molar-refractivity contribution in [2.75, 3.05) is 20.1 Å². The van der Waals surface area contributed by atoms with Gasteiger partial charge in [0.1, 0.15) is 11.5 Å². The van der Waals surface area contributed by atoms with Crippen LogP contribution in [0.5, 0.6) is 0 Å². The zero-order valence-corrected chi connectivity index (χ0v) is 13.1. The molecule has 0 bridgehead atoms. The van der Waals surface area contributed by atoms with Crippen molar-refractivity contribution in [2.24, 2.45) is 0 Å². The van der Waals surface area contributed by atoms with Gasteiger partial charge in [0, 0.05) is 0 Å². The normalized spacial score (nSPS) is 11.4. The van der Waals surface area contributed by atoms with Crippen LogP contribution in [-0.2, 0) is 13.1 Å². The lowest BCUT2D eigenvalue weighted by Gasteiger charge is -2.20. The van der Waals surface area contributed by atoms with Gasteiger partial charge >= 0.3 is 0 Å². The van der Waals surface area contributed by atoms with Gasteiger partial charge in [0.05, 0.1) is 13.1 Å². The topological polar surface area (TPSA) is 28.4 Å². The van der Waals surface area contributed by atoms with E-state index in [2.05, 4.69) is 37.1 Å². The Morgan fingerprint density at radius 2 is 1.79 bits per heavy atom. The van der Waals surface area contributed by atoms with E-state index in [4.69, 9.17) is 4.42 Å². The molecule has 3 nitrogen and oxygen atoms in total. The van der Waals surface area contributed by atoms with E-state index in [1.54, 1.807) is 0 Å². The molecule has 0 fully saturated rings. The monoisotopic (exact) mass is 266 g/mol. The summed E-state index contributed by atoms with van der Waals surface area (Å²) in [5.41, 5.74) is 1.26. The number of hydrogen-bond donors (Lipinski definition) is 1. The molecule has 1 heterocycles. The van der Waals surface area contributed by atoms with Crippen molar-refractivity contribution in [1.82, 2.24) is 10.2 Å². The molecule has 0 saturated heterocycles. The molecular weight excluding hydrogens is 236 g/mol. The smallest absolute Gasteiger partial charge is 0.120 e. The highest BCUT2D eigenvalue weighted by Gasteiger charge is 2.11. The van der Waals surface area contributed by atoms with Gasteiger partial charge in [-0.1, -0.05) is 26.7 Å². The summed E-state index contributed by atoms with van der Waals surface area (Å²) in [6.07, 6.45) is 5.05. The maximum absolute atomic E-state index is 5.94. The van der Waals surface area contributed by atoms with Crippen molar-refractivity contribution < 1.29 is 4.42 Å². The van der Waals surface area contributed by atoms with E-state index < -0.39 is 0 Å². The van der Waals surface area contributed by atoms with Crippen LogP contribution >= 0.6 is 0 Å². The third-order valence-electron chi connectivity index (χ3n) is 3.44. The quantitative estimate of drug-likeness (QED) is 0.700. The minimum absolute atomic E-state index is 0.815. The minimum atomic E-state index is 0.815. The summed E-state index contributed by atoms with van der Waals surface area (Å²) >= 11 is 0. The number of rotatable bonds is 10. The van der Waals surface area contributed by atoms with Crippen LogP contribution in [-0.4, -0.2) is 25.0 Å². The molecule has 110 valence electrons. The van der Waals surface area contributed by atoms with Crippen LogP contribution in [0.15, 0.2) is 10.5 Å². The number of nitrogens with zero attached hydrogens (tertiary/aromatic N) is 1. The first kappa shape index (κ1) is 16.3. The first-order chi connectivity index (χ1) is 9.21. The van der Waals surface area contributed by atoms with E-state index >= 15 is 0 Å². The molecule has 3 heteroatoms. The van der Waals surface area contributed by atoms with Gasteiger partial charge in [0.25, 0.3) is 0 Å². The second-order valence-corrected chi connectivity index (χ2v) is 5.33. The molecule has 0 radical (unpaired) electrons. The molecule has 1 aromatic rings. The Morgan fingerprint density at radius 1 is 1.16 bits per heavy atom. The summed E-state index contributed by atoms with van der Waals surface area (Å²) in [7, 11) is 1.95. The molecule has 0 spiro atoms. The lowest BCUT2D eigenvalue weighted by molar-refractivity contribution is 0.234. The Kier molecular flexibility index (Phi) is 7.84. The molecule has 19 heavy (non-hydrogen) atoms. The van der Waals surface area contributed by atoms with Crippen molar-refractivity contribution in [3.63, 3.8) is 0 Å². The average molecular weight is 266 g/mol. The van der Waals surface area contributed by atoms with Crippen molar-refractivity contribution in [2.45, 2.75) is 59.5 Å². The van der Waals surface area contributed by atoms with Crippen LogP contribution in [0, 0.1) is 6.92 Å². The summed E-state index contributed by atoms with van der Waals surface area (Å²) in [5, 5.41) is 3.15. The predicted octanol–water partition coefficient (Wildman–Crippen LogP) is 3.71. The standard InChI is InChI=1S/C16H30N2O/c1-5-7-9-18(10-8-6-2)13-15-11-14(3)16(19-15)12-17-4/h11,17H,5-10,12-13H2,1-4H3. The largest absolute Gasteiger partial charge is 0.463 e.